The number of methoxy groups -OCH3 is 1. The van der Waals surface area contributed by atoms with Crippen molar-refractivity contribution in [2.24, 2.45) is 0 Å². The maximum absolute atomic E-state index is 5.99. The predicted octanol–water partition coefficient (Wildman–Crippen LogP) is 5.48. The van der Waals surface area contributed by atoms with Gasteiger partial charge in [0.2, 0.25) is 0 Å². The van der Waals surface area contributed by atoms with E-state index in [-0.39, 0.29) is 0 Å². The second-order valence-electron chi connectivity index (χ2n) is 4.14. The van der Waals surface area contributed by atoms with Crippen LogP contribution in [0.3, 0.4) is 0 Å². The number of halogens is 3. The maximum Gasteiger partial charge on any atom is 0.127 e. The zero-order valence-corrected chi connectivity index (χ0v) is 13.9. The third kappa shape index (κ3) is 3.81. The molecule has 0 spiro atoms. The van der Waals surface area contributed by atoms with E-state index in [4.69, 9.17) is 32.7 Å². The first-order chi connectivity index (χ1) is 9.63. The summed E-state index contributed by atoms with van der Waals surface area (Å²) in [5, 5.41) is 1.78. The molecule has 0 aliphatic carbocycles. The first-order valence-electron chi connectivity index (χ1n) is 5.93. The molecule has 0 aromatic heterocycles. The molecule has 0 bridgehead atoms. The molecule has 0 heterocycles. The Morgan fingerprint density at radius 1 is 1.05 bits per heavy atom. The largest absolute Gasteiger partial charge is 0.497 e. The minimum absolute atomic E-state index is 0.421. The number of benzene rings is 2. The van der Waals surface area contributed by atoms with Crippen LogP contribution in [0.5, 0.6) is 11.5 Å². The highest BCUT2D eigenvalue weighted by Crippen LogP contribution is 2.28. The number of ether oxygens (including phenoxy) is 2. The van der Waals surface area contributed by atoms with Crippen molar-refractivity contribution in [1.82, 2.24) is 0 Å². The van der Waals surface area contributed by atoms with Gasteiger partial charge in [0.1, 0.15) is 18.1 Å². The molecule has 2 rings (SSSR count). The van der Waals surface area contributed by atoms with E-state index < -0.39 is 0 Å². The number of alkyl halides is 1. The number of hydrogen-bond donors (Lipinski definition) is 0. The summed E-state index contributed by atoms with van der Waals surface area (Å²) >= 11 is 15.3. The van der Waals surface area contributed by atoms with Gasteiger partial charge in [-0.05, 0) is 23.8 Å². The molecule has 106 valence electrons. The number of rotatable bonds is 5. The van der Waals surface area contributed by atoms with Gasteiger partial charge in [-0.3, -0.25) is 0 Å². The van der Waals surface area contributed by atoms with E-state index in [0.717, 1.165) is 22.6 Å². The lowest BCUT2D eigenvalue weighted by Gasteiger charge is -2.12. The van der Waals surface area contributed by atoms with Crippen LogP contribution >= 0.6 is 39.1 Å². The third-order valence-electron chi connectivity index (χ3n) is 2.80. The van der Waals surface area contributed by atoms with Gasteiger partial charge in [-0.1, -0.05) is 51.3 Å². The maximum atomic E-state index is 5.99. The molecule has 0 amide bonds. The molecule has 0 saturated heterocycles. The summed E-state index contributed by atoms with van der Waals surface area (Å²) in [5.41, 5.74) is 2.02. The Morgan fingerprint density at radius 3 is 2.50 bits per heavy atom. The zero-order chi connectivity index (χ0) is 14.5. The summed E-state index contributed by atoms with van der Waals surface area (Å²) in [4.78, 5) is 0. The van der Waals surface area contributed by atoms with E-state index in [9.17, 15) is 0 Å². The number of hydrogen-bond acceptors (Lipinski definition) is 2. The first-order valence-corrected chi connectivity index (χ1v) is 7.81. The van der Waals surface area contributed by atoms with Gasteiger partial charge in [0, 0.05) is 17.0 Å². The fourth-order valence-electron chi connectivity index (χ4n) is 1.70. The van der Waals surface area contributed by atoms with Gasteiger partial charge in [0.25, 0.3) is 0 Å². The van der Waals surface area contributed by atoms with Crippen LogP contribution < -0.4 is 9.47 Å². The predicted molar refractivity (Wildman–Crippen MR) is 86.4 cm³/mol. The molecule has 2 aromatic carbocycles. The van der Waals surface area contributed by atoms with Crippen LogP contribution in [0.1, 0.15) is 11.1 Å². The van der Waals surface area contributed by atoms with E-state index in [1.54, 1.807) is 19.2 Å². The van der Waals surface area contributed by atoms with Crippen LogP contribution in [0.2, 0.25) is 10.0 Å². The normalized spacial score (nSPS) is 10.4. The minimum Gasteiger partial charge on any atom is -0.497 e. The van der Waals surface area contributed by atoms with Crippen LogP contribution in [0.4, 0.5) is 0 Å². The van der Waals surface area contributed by atoms with Crippen LogP contribution in [0, 0.1) is 0 Å². The Balaban J connectivity index is 2.15. The lowest BCUT2D eigenvalue weighted by Crippen LogP contribution is -1.98. The standard InChI is InChI=1S/C15H13BrCl2O2/c1-19-12-4-3-11(8-16)15(7-12)20-9-10-2-5-13(17)14(18)6-10/h2-7H,8-9H2,1H3. The van der Waals surface area contributed by atoms with E-state index in [1.807, 2.05) is 24.3 Å². The van der Waals surface area contributed by atoms with Gasteiger partial charge in [0.05, 0.1) is 17.2 Å². The van der Waals surface area contributed by atoms with Gasteiger partial charge >= 0.3 is 0 Å². The molecule has 0 fully saturated rings. The van der Waals surface area contributed by atoms with Crippen molar-refractivity contribution < 1.29 is 9.47 Å². The summed E-state index contributed by atoms with van der Waals surface area (Å²) in [7, 11) is 1.63. The van der Waals surface area contributed by atoms with Crippen molar-refractivity contribution >= 4 is 39.1 Å². The SMILES string of the molecule is COc1ccc(CBr)c(OCc2ccc(Cl)c(Cl)c2)c1. The van der Waals surface area contributed by atoms with Crippen molar-refractivity contribution in [2.45, 2.75) is 11.9 Å². The third-order valence-corrected chi connectivity index (χ3v) is 4.14. The van der Waals surface area contributed by atoms with Crippen LogP contribution in [0.25, 0.3) is 0 Å². The average molecular weight is 376 g/mol. The monoisotopic (exact) mass is 374 g/mol. The molecule has 0 atom stereocenters. The molecular formula is C15H13BrCl2O2. The van der Waals surface area contributed by atoms with E-state index in [1.165, 1.54) is 0 Å². The summed E-state index contributed by atoms with van der Waals surface area (Å²) < 4.78 is 11.0. The van der Waals surface area contributed by atoms with Crippen LogP contribution in [-0.4, -0.2) is 7.11 Å². The fraction of sp³-hybridized carbons (Fsp3) is 0.200. The van der Waals surface area contributed by atoms with Crippen molar-refractivity contribution in [3.05, 3.63) is 57.6 Å². The van der Waals surface area contributed by atoms with Crippen LogP contribution in [0.15, 0.2) is 36.4 Å². The summed E-state index contributed by atoms with van der Waals surface area (Å²) in [6, 6.07) is 11.2. The molecule has 0 N–H and O–H groups in total. The van der Waals surface area contributed by atoms with Crippen molar-refractivity contribution in [1.29, 1.82) is 0 Å². The summed E-state index contributed by atoms with van der Waals surface area (Å²) in [5.74, 6) is 1.55. The van der Waals surface area contributed by atoms with Gasteiger partial charge in [0.15, 0.2) is 0 Å². The van der Waals surface area contributed by atoms with Crippen molar-refractivity contribution in [3.8, 4) is 11.5 Å². The van der Waals surface area contributed by atoms with Crippen molar-refractivity contribution in [3.63, 3.8) is 0 Å². The summed E-state index contributed by atoms with van der Waals surface area (Å²) in [6.07, 6.45) is 0. The van der Waals surface area contributed by atoms with Crippen molar-refractivity contribution in [2.75, 3.05) is 7.11 Å². The fourth-order valence-corrected chi connectivity index (χ4v) is 2.48. The second-order valence-corrected chi connectivity index (χ2v) is 5.52. The first kappa shape index (κ1) is 15.5. The molecule has 0 saturated carbocycles. The van der Waals surface area contributed by atoms with E-state index in [2.05, 4.69) is 15.9 Å². The second kappa shape index (κ2) is 7.21. The lowest BCUT2D eigenvalue weighted by atomic mass is 10.2. The molecule has 0 aliphatic rings. The Kier molecular flexibility index (Phi) is 5.58. The minimum atomic E-state index is 0.421. The van der Waals surface area contributed by atoms with Gasteiger partial charge in [-0.25, -0.2) is 0 Å². The molecule has 20 heavy (non-hydrogen) atoms. The smallest absolute Gasteiger partial charge is 0.127 e. The quantitative estimate of drug-likeness (QED) is 0.644. The molecule has 2 aromatic rings. The highest BCUT2D eigenvalue weighted by molar-refractivity contribution is 9.08. The van der Waals surface area contributed by atoms with Gasteiger partial charge in [-0.2, -0.15) is 0 Å². The molecule has 0 aliphatic heterocycles. The highest BCUT2D eigenvalue weighted by Gasteiger charge is 2.06. The Labute approximate surface area is 136 Å². The van der Waals surface area contributed by atoms with Crippen LogP contribution in [-0.2, 0) is 11.9 Å². The summed E-state index contributed by atoms with van der Waals surface area (Å²) in [6.45, 7) is 0.421. The topological polar surface area (TPSA) is 18.5 Å². The molecule has 2 nitrogen and oxygen atoms in total. The highest BCUT2D eigenvalue weighted by atomic mass is 79.9. The molecule has 0 unspecified atom stereocenters. The Bertz CT molecular complexity index is 602. The van der Waals surface area contributed by atoms with E-state index >= 15 is 0 Å². The average Bonchev–Trinajstić information content (AvgIpc) is 2.48. The molecular weight excluding hydrogens is 363 g/mol. The van der Waals surface area contributed by atoms with Gasteiger partial charge < -0.3 is 9.47 Å². The molecule has 0 radical (unpaired) electrons. The van der Waals surface area contributed by atoms with Gasteiger partial charge in [-0.15, -0.1) is 0 Å². The lowest BCUT2D eigenvalue weighted by molar-refractivity contribution is 0.301. The Morgan fingerprint density at radius 2 is 1.85 bits per heavy atom. The zero-order valence-electron chi connectivity index (χ0n) is 10.8. The Hall–Kier alpha value is -0.900. The molecule has 5 heteroatoms. The van der Waals surface area contributed by atoms with E-state index in [0.29, 0.717) is 22.0 Å².